The van der Waals surface area contributed by atoms with Crippen molar-refractivity contribution >= 4 is 11.7 Å². The van der Waals surface area contributed by atoms with Gasteiger partial charge in [0.1, 0.15) is 11.7 Å². The molecule has 68 valence electrons. The van der Waals surface area contributed by atoms with Gasteiger partial charge in [0, 0.05) is 12.1 Å². The highest BCUT2D eigenvalue weighted by Crippen LogP contribution is 2.17. The third kappa shape index (κ3) is 1.47. The van der Waals surface area contributed by atoms with Crippen LogP contribution in [0.25, 0.3) is 0 Å². The van der Waals surface area contributed by atoms with Crippen LogP contribution in [0.15, 0.2) is 29.5 Å². The highest BCUT2D eigenvalue weighted by molar-refractivity contribution is 5.86. The molecule has 0 spiro atoms. The Hall–Kier alpha value is -1.58. The standard InChI is InChI=1S/C9H12N4/c1-7-6-13(12-9(7)10)8-4-2-3-5-11-8/h2-5,7H,6H2,1H3,(H2,10,12). The first kappa shape index (κ1) is 8.04. The van der Waals surface area contributed by atoms with Gasteiger partial charge in [-0.25, -0.2) is 9.99 Å². The van der Waals surface area contributed by atoms with Crippen LogP contribution >= 0.6 is 0 Å². The molecule has 0 aromatic carbocycles. The molecule has 1 aliphatic rings. The van der Waals surface area contributed by atoms with Crippen molar-refractivity contribution in [2.75, 3.05) is 11.6 Å². The van der Waals surface area contributed by atoms with Crippen molar-refractivity contribution in [1.82, 2.24) is 4.98 Å². The molecule has 1 unspecified atom stereocenters. The van der Waals surface area contributed by atoms with Crippen molar-refractivity contribution in [2.24, 2.45) is 16.8 Å². The van der Waals surface area contributed by atoms with Crippen LogP contribution in [0.3, 0.4) is 0 Å². The third-order valence-electron chi connectivity index (χ3n) is 2.10. The van der Waals surface area contributed by atoms with Gasteiger partial charge in [-0.3, -0.25) is 0 Å². The second-order valence-electron chi connectivity index (χ2n) is 3.20. The van der Waals surface area contributed by atoms with E-state index in [-0.39, 0.29) is 0 Å². The summed E-state index contributed by atoms with van der Waals surface area (Å²) in [5, 5.41) is 6.04. The topological polar surface area (TPSA) is 54.5 Å². The highest BCUT2D eigenvalue weighted by atomic mass is 15.5. The molecule has 0 saturated heterocycles. The highest BCUT2D eigenvalue weighted by Gasteiger charge is 2.21. The van der Waals surface area contributed by atoms with Gasteiger partial charge in [-0.15, -0.1) is 0 Å². The summed E-state index contributed by atoms with van der Waals surface area (Å²) in [5.74, 6) is 1.86. The minimum Gasteiger partial charge on any atom is -0.385 e. The van der Waals surface area contributed by atoms with Crippen molar-refractivity contribution < 1.29 is 0 Å². The van der Waals surface area contributed by atoms with Crippen LogP contribution in [0.2, 0.25) is 0 Å². The summed E-state index contributed by atoms with van der Waals surface area (Å²) < 4.78 is 0. The number of hydrazone groups is 1. The molecule has 0 saturated carbocycles. The van der Waals surface area contributed by atoms with Gasteiger partial charge in [0.05, 0.1) is 6.54 Å². The Morgan fingerprint density at radius 3 is 2.92 bits per heavy atom. The van der Waals surface area contributed by atoms with Crippen molar-refractivity contribution in [2.45, 2.75) is 6.92 Å². The van der Waals surface area contributed by atoms with Crippen LogP contribution in [-0.4, -0.2) is 17.4 Å². The fourth-order valence-corrected chi connectivity index (χ4v) is 1.28. The van der Waals surface area contributed by atoms with Crippen LogP contribution in [0.5, 0.6) is 0 Å². The normalized spacial score (nSPS) is 21.8. The number of amidine groups is 1. The molecule has 0 bridgehead atoms. The van der Waals surface area contributed by atoms with Crippen LogP contribution in [0.4, 0.5) is 5.82 Å². The molecule has 2 rings (SSSR count). The van der Waals surface area contributed by atoms with Crippen molar-refractivity contribution in [1.29, 1.82) is 0 Å². The van der Waals surface area contributed by atoms with Crippen LogP contribution in [0.1, 0.15) is 6.92 Å². The zero-order valence-corrected chi connectivity index (χ0v) is 7.51. The number of nitrogens with two attached hydrogens (primary N) is 1. The number of nitrogens with zero attached hydrogens (tertiary/aromatic N) is 3. The summed E-state index contributed by atoms with van der Waals surface area (Å²) >= 11 is 0. The van der Waals surface area contributed by atoms with E-state index in [1.807, 2.05) is 23.2 Å². The predicted molar refractivity (Wildman–Crippen MR) is 52.4 cm³/mol. The summed E-state index contributed by atoms with van der Waals surface area (Å²) in [5.41, 5.74) is 5.69. The number of aromatic nitrogens is 1. The number of hydrogen-bond donors (Lipinski definition) is 1. The summed E-state index contributed by atoms with van der Waals surface area (Å²) in [7, 11) is 0. The average molecular weight is 176 g/mol. The maximum absolute atomic E-state index is 5.69. The molecule has 4 heteroatoms. The Bertz CT molecular complexity index is 320. The predicted octanol–water partition coefficient (Wildman–Crippen LogP) is 0.810. The smallest absolute Gasteiger partial charge is 0.148 e. The molecule has 0 amide bonds. The zero-order valence-electron chi connectivity index (χ0n) is 7.51. The number of hydrogen-bond acceptors (Lipinski definition) is 4. The molecular weight excluding hydrogens is 164 g/mol. The first-order valence-electron chi connectivity index (χ1n) is 4.30. The van der Waals surface area contributed by atoms with Crippen molar-refractivity contribution in [3.05, 3.63) is 24.4 Å². The molecule has 2 N–H and O–H groups in total. The first-order valence-corrected chi connectivity index (χ1v) is 4.30. The van der Waals surface area contributed by atoms with E-state index >= 15 is 0 Å². The lowest BCUT2D eigenvalue weighted by atomic mass is 10.2. The Morgan fingerprint density at radius 1 is 1.54 bits per heavy atom. The fraction of sp³-hybridized carbons (Fsp3) is 0.333. The lowest BCUT2D eigenvalue weighted by Gasteiger charge is -2.11. The Balaban J connectivity index is 2.22. The monoisotopic (exact) mass is 176 g/mol. The Labute approximate surface area is 77.1 Å². The lowest BCUT2D eigenvalue weighted by Crippen LogP contribution is -2.20. The van der Waals surface area contributed by atoms with E-state index in [9.17, 15) is 0 Å². The largest absolute Gasteiger partial charge is 0.385 e. The van der Waals surface area contributed by atoms with E-state index in [0.717, 1.165) is 12.4 Å². The Morgan fingerprint density at radius 2 is 2.38 bits per heavy atom. The summed E-state index contributed by atoms with van der Waals surface area (Å²) in [6, 6.07) is 5.75. The van der Waals surface area contributed by atoms with Crippen LogP contribution < -0.4 is 10.7 Å². The number of anilines is 1. The molecule has 1 aromatic heterocycles. The number of rotatable bonds is 1. The third-order valence-corrected chi connectivity index (χ3v) is 2.10. The van der Waals surface area contributed by atoms with Crippen LogP contribution in [-0.2, 0) is 0 Å². The van der Waals surface area contributed by atoms with Gasteiger partial charge in [-0.05, 0) is 12.1 Å². The second kappa shape index (κ2) is 3.05. The fourth-order valence-electron chi connectivity index (χ4n) is 1.28. The quantitative estimate of drug-likeness (QED) is 0.689. The minimum absolute atomic E-state index is 0.321. The van der Waals surface area contributed by atoms with Gasteiger partial charge in [0.25, 0.3) is 0 Å². The minimum atomic E-state index is 0.321. The van der Waals surface area contributed by atoms with Gasteiger partial charge >= 0.3 is 0 Å². The molecule has 1 aliphatic heterocycles. The SMILES string of the molecule is CC1CN(c2ccccn2)N=C1N. The van der Waals surface area contributed by atoms with Gasteiger partial charge in [-0.2, -0.15) is 5.10 Å². The van der Waals surface area contributed by atoms with E-state index in [1.165, 1.54) is 0 Å². The average Bonchev–Trinajstić information content (AvgIpc) is 2.49. The maximum atomic E-state index is 5.69. The van der Waals surface area contributed by atoms with Gasteiger partial charge in [-0.1, -0.05) is 13.0 Å². The maximum Gasteiger partial charge on any atom is 0.148 e. The molecule has 13 heavy (non-hydrogen) atoms. The van der Waals surface area contributed by atoms with Crippen LogP contribution in [0, 0.1) is 5.92 Å². The second-order valence-corrected chi connectivity index (χ2v) is 3.20. The molecule has 0 radical (unpaired) electrons. The summed E-state index contributed by atoms with van der Waals surface area (Å²) in [4.78, 5) is 4.19. The lowest BCUT2D eigenvalue weighted by molar-refractivity contribution is 0.764. The molecule has 2 heterocycles. The molecule has 1 aromatic rings. The molecule has 4 nitrogen and oxygen atoms in total. The Kier molecular flexibility index (Phi) is 1.88. The molecular formula is C9H12N4. The summed E-state index contributed by atoms with van der Waals surface area (Å²) in [6.07, 6.45) is 1.75. The van der Waals surface area contributed by atoms with E-state index in [4.69, 9.17) is 5.73 Å². The zero-order chi connectivity index (χ0) is 9.26. The van der Waals surface area contributed by atoms with Gasteiger partial charge < -0.3 is 5.73 Å². The molecule has 0 aliphatic carbocycles. The molecule has 1 atom stereocenters. The van der Waals surface area contributed by atoms with Gasteiger partial charge in [0.2, 0.25) is 0 Å². The van der Waals surface area contributed by atoms with E-state index in [2.05, 4.69) is 17.0 Å². The van der Waals surface area contributed by atoms with Crippen molar-refractivity contribution in [3.63, 3.8) is 0 Å². The van der Waals surface area contributed by atoms with E-state index in [0.29, 0.717) is 11.8 Å². The molecule has 0 fully saturated rings. The van der Waals surface area contributed by atoms with Crippen molar-refractivity contribution in [3.8, 4) is 0 Å². The van der Waals surface area contributed by atoms with E-state index in [1.54, 1.807) is 6.20 Å². The number of pyridine rings is 1. The first-order chi connectivity index (χ1) is 6.27. The van der Waals surface area contributed by atoms with E-state index < -0.39 is 0 Å². The summed E-state index contributed by atoms with van der Waals surface area (Å²) in [6.45, 7) is 2.88. The van der Waals surface area contributed by atoms with Gasteiger partial charge in [0.15, 0.2) is 0 Å².